The zero-order valence-electron chi connectivity index (χ0n) is 14.3. The lowest BCUT2D eigenvalue weighted by Gasteiger charge is -2.30. The van der Waals surface area contributed by atoms with Gasteiger partial charge < -0.3 is 5.32 Å². The molecule has 1 saturated heterocycles. The van der Waals surface area contributed by atoms with Gasteiger partial charge in [0.25, 0.3) is 0 Å². The van der Waals surface area contributed by atoms with Crippen molar-refractivity contribution in [2.45, 2.75) is 24.3 Å². The van der Waals surface area contributed by atoms with Crippen LogP contribution in [0.15, 0.2) is 29.7 Å². The summed E-state index contributed by atoms with van der Waals surface area (Å²) in [4.78, 5) is 12.6. The molecule has 3 heterocycles. The Labute approximate surface area is 146 Å². The summed E-state index contributed by atoms with van der Waals surface area (Å²) in [5.41, 5.74) is 0.909. The number of nitrogens with one attached hydrogen (secondary N) is 1. The van der Waals surface area contributed by atoms with Crippen LogP contribution in [0, 0.1) is 5.92 Å². The van der Waals surface area contributed by atoms with Crippen LogP contribution in [0.25, 0.3) is 0 Å². The van der Waals surface area contributed by atoms with Gasteiger partial charge >= 0.3 is 0 Å². The van der Waals surface area contributed by atoms with Gasteiger partial charge in [-0.3, -0.25) is 14.2 Å². The molecule has 9 nitrogen and oxygen atoms in total. The number of rotatable bonds is 5. The van der Waals surface area contributed by atoms with Gasteiger partial charge in [0.05, 0.1) is 18.3 Å². The van der Waals surface area contributed by atoms with Crippen molar-refractivity contribution in [3.63, 3.8) is 0 Å². The number of piperidine rings is 1. The predicted octanol–water partition coefficient (Wildman–Crippen LogP) is -0.129. The van der Waals surface area contributed by atoms with Gasteiger partial charge in [0, 0.05) is 51.7 Å². The third-order valence-corrected chi connectivity index (χ3v) is 6.12. The zero-order chi connectivity index (χ0) is 18.0. The number of aryl methyl sites for hydroxylation is 2. The molecular formula is C15H22N6O3S. The molecule has 0 aromatic carbocycles. The van der Waals surface area contributed by atoms with Crippen molar-refractivity contribution in [3.8, 4) is 0 Å². The molecule has 1 N–H and O–H groups in total. The second kappa shape index (κ2) is 6.96. The zero-order valence-corrected chi connectivity index (χ0v) is 15.1. The van der Waals surface area contributed by atoms with E-state index in [4.69, 9.17) is 0 Å². The van der Waals surface area contributed by atoms with E-state index in [1.54, 1.807) is 17.9 Å². The summed E-state index contributed by atoms with van der Waals surface area (Å²) in [6, 6.07) is 0. The summed E-state index contributed by atoms with van der Waals surface area (Å²) in [6.07, 6.45) is 7.67. The summed E-state index contributed by atoms with van der Waals surface area (Å²) in [5.74, 6) is -0.480. The van der Waals surface area contributed by atoms with Gasteiger partial charge in [-0.2, -0.15) is 14.5 Å². The van der Waals surface area contributed by atoms with Crippen molar-refractivity contribution in [2.75, 3.05) is 13.1 Å². The van der Waals surface area contributed by atoms with Crippen molar-refractivity contribution >= 4 is 15.9 Å². The Balaban J connectivity index is 1.63. The SMILES string of the molecule is Cn1cc(CNC(=O)C2CCCN(S(=O)(=O)c3cnn(C)c3)C2)cn1. The highest BCUT2D eigenvalue weighted by Gasteiger charge is 2.33. The topological polar surface area (TPSA) is 102 Å². The van der Waals surface area contributed by atoms with Gasteiger partial charge in [-0.25, -0.2) is 8.42 Å². The highest BCUT2D eigenvalue weighted by atomic mass is 32.2. The highest BCUT2D eigenvalue weighted by molar-refractivity contribution is 7.89. The fourth-order valence-corrected chi connectivity index (χ4v) is 4.46. The van der Waals surface area contributed by atoms with E-state index < -0.39 is 10.0 Å². The maximum absolute atomic E-state index is 12.7. The van der Waals surface area contributed by atoms with Crippen LogP contribution in [-0.2, 0) is 35.5 Å². The van der Waals surface area contributed by atoms with Crippen LogP contribution < -0.4 is 5.32 Å². The van der Waals surface area contributed by atoms with E-state index in [1.165, 1.54) is 21.4 Å². The standard InChI is InChI=1S/C15H22N6O3S/c1-19-9-12(7-17-19)6-16-15(22)13-4-3-5-21(10-13)25(23,24)14-8-18-20(2)11-14/h7-9,11,13H,3-6,10H2,1-2H3,(H,16,22). The number of amides is 1. The Bertz CT molecular complexity index is 856. The van der Waals surface area contributed by atoms with Crippen molar-refractivity contribution in [3.05, 3.63) is 30.4 Å². The normalized spacial score (nSPS) is 19.0. The van der Waals surface area contributed by atoms with Crippen molar-refractivity contribution in [2.24, 2.45) is 20.0 Å². The van der Waals surface area contributed by atoms with Crippen LogP contribution >= 0.6 is 0 Å². The maximum Gasteiger partial charge on any atom is 0.246 e. The number of hydrogen-bond acceptors (Lipinski definition) is 5. The number of nitrogens with zero attached hydrogens (tertiary/aromatic N) is 5. The summed E-state index contributed by atoms with van der Waals surface area (Å²) in [7, 11) is -0.131. The number of aromatic nitrogens is 4. The largest absolute Gasteiger partial charge is 0.352 e. The molecule has 0 bridgehead atoms. The average Bonchev–Trinajstić information content (AvgIpc) is 3.21. The molecular weight excluding hydrogens is 344 g/mol. The minimum atomic E-state index is -3.61. The molecule has 0 spiro atoms. The van der Waals surface area contributed by atoms with Crippen molar-refractivity contribution < 1.29 is 13.2 Å². The Hall–Kier alpha value is -2.20. The lowest BCUT2D eigenvalue weighted by Crippen LogP contribution is -2.45. The number of carbonyl (C=O) groups is 1. The smallest absolute Gasteiger partial charge is 0.246 e. The van der Waals surface area contributed by atoms with E-state index in [0.717, 1.165) is 5.56 Å². The van der Waals surface area contributed by atoms with Gasteiger partial charge in [0.2, 0.25) is 15.9 Å². The maximum atomic E-state index is 12.7. The quantitative estimate of drug-likeness (QED) is 0.794. The second-order valence-corrected chi connectivity index (χ2v) is 8.23. The fraction of sp³-hybridized carbons (Fsp3) is 0.533. The molecule has 1 atom stereocenters. The third kappa shape index (κ3) is 3.90. The molecule has 1 fully saturated rings. The minimum Gasteiger partial charge on any atom is -0.352 e. The van der Waals surface area contributed by atoms with Gasteiger partial charge in [-0.1, -0.05) is 0 Å². The van der Waals surface area contributed by atoms with Gasteiger partial charge in [-0.15, -0.1) is 0 Å². The summed E-state index contributed by atoms with van der Waals surface area (Å²) in [5, 5.41) is 10.8. The minimum absolute atomic E-state index is 0.130. The number of hydrogen-bond donors (Lipinski definition) is 1. The van der Waals surface area contributed by atoms with E-state index >= 15 is 0 Å². The molecule has 25 heavy (non-hydrogen) atoms. The molecule has 1 aliphatic heterocycles. The first-order chi connectivity index (χ1) is 11.9. The Morgan fingerprint density at radius 1 is 1.24 bits per heavy atom. The first kappa shape index (κ1) is 17.6. The Kier molecular flexibility index (Phi) is 4.91. The molecule has 10 heteroatoms. The van der Waals surface area contributed by atoms with Gasteiger partial charge in [-0.05, 0) is 12.8 Å². The van der Waals surface area contributed by atoms with E-state index in [2.05, 4.69) is 15.5 Å². The van der Waals surface area contributed by atoms with Crippen molar-refractivity contribution in [1.82, 2.24) is 29.2 Å². The van der Waals surface area contributed by atoms with Crippen LogP contribution in [-0.4, -0.2) is 51.3 Å². The lowest BCUT2D eigenvalue weighted by molar-refractivity contribution is -0.126. The third-order valence-electron chi connectivity index (χ3n) is 4.30. The van der Waals surface area contributed by atoms with Crippen LogP contribution in [0.4, 0.5) is 0 Å². The molecule has 1 aliphatic rings. The van der Waals surface area contributed by atoms with Crippen molar-refractivity contribution in [1.29, 1.82) is 0 Å². The van der Waals surface area contributed by atoms with Crippen LogP contribution in [0.5, 0.6) is 0 Å². The Morgan fingerprint density at radius 2 is 1.96 bits per heavy atom. The first-order valence-corrected chi connectivity index (χ1v) is 9.54. The van der Waals surface area contributed by atoms with E-state index in [9.17, 15) is 13.2 Å². The molecule has 2 aromatic rings. The monoisotopic (exact) mass is 366 g/mol. The number of sulfonamides is 1. The average molecular weight is 366 g/mol. The molecule has 136 valence electrons. The van der Waals surface area contributed by atoms with E-state index in [1.807, 2.05) is 13.2 Å². The van der Waals surface area contributed by atoms with E-state index in [0.29, 0.717) is 25.9 Å². The highest BCUT2D eigenvalue weighted by Crippen LogP contribution is 2.23. The molecule has 1 amide bonds. The van der Waals surface area contributed by atoms with Gasteiger partial charge in [0.1, 0.15) is 4.90 Å². The predicted molar refractivity (Wildman–Crippen MR) is 89.7 cm³/mol. The van der Waals surface area contributed by atoms with E-state index in [-0.39, 0.29) is 23.3 Å². The lowest BCUT2D eigenvalue weighted by atomic mass is 9.99. The van der Waals surface area contributed by atoms with Crippen LogP contribution in [0.1, 0.15) is 18.4 Å². The summed E-state index contributed by atoms with van der Waals surface area (Å²) < 4.78 is 29.9. The van der Waals surface area contributed by atoms with Crippen LogP contribution in [0.2, 0.25) is 0 Å². The molecule has 1 unspecified atom stereocenters. The molecule has 0 aliphatic carbocycles. The number of carbonyl (C=O) groups excluding carboxylic acids is 1. The molecule has 3 rings (SSSR count). The first-order valence-electron chi connectivity index (χ1n) is 8.10. The molecule has 0 saturated carbocycles. The molecule has 0 radical (unpaired) electrons. The molecule has 2 aromatic heterocycles. The Morgan fingerprint density at radius 3 is 2.60 bits per heavy atom. The fourth-order valence-electron chi connectivity index (χ4n) is 2.95. The van der Waals surface area contributed by atoms with Gasteiger partial charge in [0.15, 0.2) is 0 Å². The van der Waals surface area contributed by atoms with Crippen LogP contribution in [0.3, 0.4) is 0 Å². The summed E-state index contributed by atoms with van der Waals surface area (Å²) in [6.45, 7) is 0.998. The summed E-state index contributed by atoms with van der Waals surface area (Å²) >= 11 is 0. The second-order valence-electron chi connectivity index (χ2n) is 6.29.